The van der Waals surface area contributed by atoms with Gasteiger partial charge in [-0.2, -0.15) is 10.2 Å². The molecule has 0 saturated heterocycles. The molecule has 2 aromatic carbocycles. The van der Waals surface area contributed by atoms with Crippen LogP contribution in [0.4, 0.5) is 0 Å². The second-order valence-corrected chi connectivity index (χ2v) is 7.32. The van der Waals surface area contributed by atoms with Crippen LogP contribution in [0.25, 0.3) is 0 Å². The number of hydrogen-bond acceptors (Lipinski definition) is 5. The Balaban J connectivity index is 1.26. The highest BCUT2D eigenvalue weighted by Gasteiger charge is 2.21. The van der Waals surface area contributed by atoms with Gasteiger partial charge in [-0.1, -0.05) is 54.6 Å². The first-order valence-corrected chi connectivity index (χ1v) is 10.3. The zero-order chi connectivity index (χ0) is 21.5. The Kier molecular flexibility index (Phi) is 6.47. The average molecular weight is 416 g/mol. The Morgan fingerprint density at radius 2 is 1.74 bits per heavy atom. The third-order valence-electron chi connectivity index (χ3n) is 5.16. The molecule has 1 aliphatic rings. The van der Waals surface area contributed by atoms with Crippen LogP contribution in [-0.2, 0) is 22.7 Å². The number of nitrogens with one attached hydrogen (secondary N) is 1. The van der Waals surface area contributed by atoms with Gasteiger partial charge in [-0.3, -0.25) is 9.59 Å². The highest BCUT2D eigenvalue weighted by Crippen LogP contribution is 2.15. The molecule has 8 heteroatoms. The van der Waals surface area contributed by atoms with Crippen LogP contribution < -0.4 is 5.32 Å². The molecule has 0 saturated carbocycles. The van der Waals surface area contributed by atoms with E-state index in [9.17, 15) is 9.59 Å². The largest absolute Gasteiger partial charge is 0.352 e. The van der Waals surface area contributed by atoms with Gasteiger partial charge in [-0.25, -0.2) is 14.7 Å². The van der Waals surface area contributed by atoms with E-state index < -0.39 is 0 Å². The van der Waals surface area contributed by atoms with Gasteiger partial charge in [-0.05, 0) is 16.7 Å². The van der Waals surface area contributed by atoms with Gasteiger partial charge >= 0.3 is 0 Å². The van der Waals surface area contributed by atoms with Gasteiger partial charge in [0.2, 0.25) is 11.8 Å². The zero-order valence-corrected chi connectivity index (χ0v) is 17.1. The van der Waals surface area contributed by atoms with Gasteiger partial charge < -0.3 is 5.32 Å². The second-order valence-electron chi connectivity index (χ2n) is 7.32. The summed E-state index contributed by atoms with van der Waals surface area (Å²) < 4.78 is 1.74. The Bertz CT molecular complexity index is 1060. The summed E-state index contributed by atoms with van der Waals surface area (Å²) in [5.74, 6) is -0.289. The minimum atomic E-state index is -0.157. The lowest BCUT2D eigenvalue weighted by molar-refractivity contribution is -0.133. The first-order valence-electron chi connectivity index (χ1n) is 10.3. The van der Waals surface area contributed by atoms with Gasteiger partial charge in [0.1, 0.15) is 12.7 Å². The SMILES string of the molecule is O=C(CCC(=O)N1CCC(c2ccccc2)=N1)NCc1ccccc1Cn1cncn1. The predicted octanol–water partition coefficient (Wildman–Crippen LogP) is 2.36. The van der Waals surface area contributed by atoms with E-state index in [0.29, 0.717) is 19.6 Å². The van der Waals surface area contributed by atoms with Crippen LogP contribution in [-0.4, -0.2) is 43.8 Å². The fourth-order valence-corrected chi connectivity index (χ4v) is 3.48. The lowest BCUT2D eigenvalue weighted by atomic mass is 10.1. The van der Waals surface area contributed by atoms with Crippen LogP contribution >= 0.6 is 0 Å². The molecule has 1 aliphatic heterocycles. The fourth-order valence-electron chi connectivity index (χ4n) is 3.48. The minimum Gasteiger partial charge on any atom is -0.352 e. The van der Waals surface area contributed by atoms with Gasteiger partial charge in [0.15, 0.2) is 0 Å². The molecule has 0 bridgehead atoms. The average Bonchev–Trinajstić information content (AvgIpc) is 3.50. The number of nitrogens with zero attached hydrogens (tertiary/aromatic N) is 5. The molecule has 2 heterocycles. The molecule has 0 fully saturated rings. The van der Waals surface area contributed by atoms with Crippen molar-refractivity contribution in [1.29, 1.82) is 0 Å². The van der Waals surface area contributed by atoms with Crippen LogP contribution in [0.2, 0.25) is 0 Å². The Hall–Kier alpha value is -3.81. The summed E-state index contributed by atoms with van der Waals surface area (Å²) in [6, 6.07) is 17.7. The van der Waals surface area contributed by atoms with Crippen LogP contribution in [0.1, 0.15) is 36.0 Å². The smallest absolute Gasteiger partial charge is 0.243 e. The number of amides is 2. The molecule has 0 spiro atoms. The van der Waals surface area contributed by atoms with Crippen molar-refractivity contribution in [3.63, 3.8) is 0 Å². The number of carbonyl (C=O) groups is 2. The van der Waals surface area contributed by atoms with Gasteiger partial charge in [0.05, 0.1) is 18.8 Å². The summed E-state index contributed by atoms with van der Waals surface area (Å²) in [5, 5.41) is 12.9. The standard InChI is InChI=1S/C23H24N6O2/c30-22(25-14-19-8-4-5-9-20(19)15-28-17-24-16-26-28)10-11-23(31)29-13-12-21(27-29)18-6-2-1-3-7-18/h1-9,16-17H,10-15H2,(H,25,30). The maximum atomic E-state index is 12.5. The quantitative estimate of drug-likeness (QED) is 0.610. The van der Waals surface area contributed by atoms with E-state index in [-0.39, 0.29) is 24.7 Å². The molecule has 4 rings (SSSR count). The van der Waals surface area contributed by atoms with E-state index in [2.05, 4.69) is 20.5 Å². The summed E-state index contributed by atoms with van der Waals surface area (Å²) in [4.78, 5) is 28.7. The zero-order valence-electron chi connectivity index (χ0n) is 17.1. The van der Waals surface area contributed by atoms with Gasteiger partial charge in [0.25, 0.3) is 0 Å². The molecule has 1 N–H and O–H groups in total. The van der Waals surface area contributed by atoms with Crippen LogP contribution in [0.15, 0.2) is 72.4 Å². The lowest BCUT2D eigenvalue weighted by Gasteiger charge is -2.12. The molecular weight excluding hydrogens is 392 g/mol. The Labute approximate surface area is 180 Å². The lowest BCUT2D eigenvalue weighted by Crippen LogP contribution is -2.28. The van der Waals surface area contributed by atoms with E-state index >= 15 is 0 Å². The Morgan fingerprint density at radius 3 is 2.52 bits per heavy atom. The molecule has 0 unspecified atom stereocenters. The summed E-state index contributed by atoms with van der Waals surface area (Å²) in [5.41, 5.74) is 4.00. The van der Waals surface area contributed by atoms with Crippen molar-refractivity contribution < 1.29 is 9.59 Å². The van der Waals surface area contributed by atoms with E-state index in [1.54, 1.807) is 11.0 Å². The maximum Gasteiger partial charge on any atom is 0.243 e. The highest BCUT2D eigenvalue weighted by atomic mass is 16.2. The predicted molar refractivity (Wildman–Crippen MR) is 116 cm³/mol. The van der Waals surface area contributed by atoms with Gasteiger partial charge in [0, 0.05) is 25.8 Å². The first-order chi connectivity index (χ1) is 15.2. The third kappa shape index (κ3) is 5.42. The van der Waals surface area contributed by atoms with E-state index in [0.717, 1.165) is 28.8 Å². The molecule has 0 radical (unpaired) electrons. The molecule has 0 aliphatic carbocycles. The van der Waals surface area contributed by atoms with Crippen LogP contribution in [0, 0.1) is 0 Å². The van der Waals surface area contributed by atoms with Crippen molar-refractivity contribution in [1.82, 2.24) is 25.1 Å². The molecule has 8 nitrogen and oxygen atoms in total. The number of benzene rings is 2. The van der Waals surface area contributed by atoms with E-state index in [4.69, 9.17) is 0 Å². The van der Waals surface area contributed by atoms with E-state index in [1.165, 1.54) is 11.3 Å². The van der Waals surface area contributed by atoms with Gasteiger partial charge in [-0.15, -0.1) is 0 Å². The number of aromatic nitrogens is 3. The number of carbonyl (C=O) groups excluding carboxylic acids is 2. The van der Waals surface area contributed by atoms with Crippen LogP contribution in [0.3, 0.4) is 0 Å². The molecular formula is C23H24N6O2. The Morgan fingerprint density at radius 1 is 0.968 bits per heavy atom. The molecule has 158 valence electrons. The monoisotopic (exact) mass is 416 g/mol. The van der Waals surface area contributed by atoms with E-state index in [1.807, 2.05) is 54.6 Å². The summed E-state index contributed by atoms with van der Waals surface area (Å²) in [6.45, 7) is 1.54. The van der Waals surface area contributed by atoms with Crippen LogP contribution in [0.5, 0.6) is 0 Å². The van der Waals surface area contributed by atoms with Crippen molar-refractivity contribution in [2.45, 2.75) is 32.4 Å². The molecule has 31 heavy (non-hydrogen) atoms. The van der Waals surface area contributed by atoms with Crippen molar-refractivity contribution >= 4 is 17.5 Å². The molecule has 3 aromatic rings. The first kappa shape index (κ1) is 20.5. The fraction of sp³-hybridized carbons (Fsp3) is 0.261. The molecule has 1 aromatic heterocycles. The third-order valence-corrected chi connectivity index (χ3v) is 5.16. The molecule has 0 atom stereocenters. The summed E-state index contributed by atoms with van der Waals surface area (Å²) in [6.07, 6.45) is 4.15. The molecule has 2 amide bonds. The second kappa shape index (κ2) is 9.80. The number of rotatable bonds is 8. The van der Waals surface area contributed by atoms with Crippen molar-refractivity contribution in [2.24, 2.45) is 5.10 Å². The van der Waals surface area contributed by atoms with Crippen molar-refractivity contribution in [2.75, 3.05) is 6.54 Å². The summed E-state index contributed by atoms with van der Waals surface area (Å²) >= 11 is 0. The number of hydrogen-bond donors (Lipinski definition) is 1. The topological polar surface area (TPSA) is 92.5 Å². The minimum absolute atomic E-state index is 0.132. The summed E-state index contributed by atoms with van der Waals surface area (Å²) in [7, 11) is 0. The van der Waals surface area contributed by atoms with Crippen molar-refractivity contribution in [3.05, 3.63) is 83.9 Å². The maximum absolute atomic E-state index is 12.5. The normalized spacial score (nSPS) is 13.2. The highest BCUT2D eigenvalue weighted by molar-refractivity contribution is 6.02. The van der Waals surface area contributed by atoms with Crippen molar-refractivity contribution in [3.8, 4) is 0 Å². The number of hydrazone groups is 1.